The molecule has 2 aliphatic carbocycles. The molecule has 32 heavy (non-hydrogen) atoms. The lowest BCUT2D eigenvalue weighted by atomic mass is 9.62. The summed E-state index contributed by atoms with van der Waals surface area (Å²) in [4.78, 5) is 44.0. The molecule has 0 unspecified atom stereocenters. The minimum absolute atomic E-state index is 0.0244. The Morgan fingerprint density at radius 1 is 1.25 bits per heavy atom. The van der Waals surface area contributed by atoms with E-state index in [0.29, 0.717) is 29.2 Å². The third-order valence-electron chi connectivity index (χ3n) is 7.09. The van der Waals surface area contributed by atoms with Crippen molar-refractivity contribution in [2.45, 2.75) is 57.5 Å². The Morgan fingerprint density at radius 2 is 2.03 bits per heavy atom. The van der Waals surface area contributed by atoms with E-state index in [2.05, 4.69) is 16.6 Å². The van der Waals surface area contributed by atoms with Crippen LogP contribution < -0.4 is 4.90 Å². The maximum Gasteiger partial charge on any atom is 0.414 e. The van der Waals surface area contributed by atoms with Crippen molar-refractivity contribution in [3.63, 3.8) is 0 Å². The van der Waals surface area contributed by atoms with E-state index >= 15 is 0 Å². The van der Waals surface area contributed by atoms with Crippen LogP contribution in [0.2, 0.25) is 0 Å². The fraction of sp³-hybridized carbons (Fsp3) is 0.542. The molecule has 8 nitrogen and oxygen atoms in total. The minimum atomic E-state index is -0.575. The van der Waals surface area contributed by atoms with E-state index in [4.69, 9.17) is 10.3 Å². The monoisotopic (exact) mass is 436 g/mol. The first kappa shape index (κ1) is 22.1. The molecule has 0 radical (unpaired) electrons. The van der Waals surface area contributed by atoms with Crippen LogP contribution in [0.3, 0.4) is 0 Å². The van der Waals surface area contributed by atoms with Crippen molar-refractivity contribution in [3.05, 3.63) is 52.4 Å². The summed E-state index contributed by atoms with van der Waals surface area (Å²) in [6, 6.07) is 4.60. The zero-order chi connectivity index (χ0) is 22.7. The molecule has 4 rings (SSSR count). The number of hydrogen-bond acceptors (Lipinski definition) is 5. The van der Waals surface area contributed by atoms with Gasteiger partial charge >= 0.3 is 6.09 Å². The normalized spacial score (nSPS) is 25.4. The molecular formula is C24H28N4O4. The van der Waals surface area contributed by atoms with Gasteiger partial charge in [0.15, 0.2) is 5.78 Å². The summed E-state index contributed by atoms with van der Waals surface area (Å²) in [7, 11) is 0. The molecule has 0 aromatic heterocycles. The van der Waals surface area contributed by atoms with Crippen LogP contribution >= 0.6 is 0 Å². The van der Waals surface area contributed by atoms with Gasteiger partial charge in [0.1, 0.15) is 12.4 Å². The highest BCUT2D eigenvalue weighted by molar-refractivity contribution is 6.11. The highest BCUT2D eigenvalue weighted by Gasteiger charge is 2.52. The fourth-order valence-electron chi connectivity index (χ4n) is 5.76. The van der Waals surface area contributed by atoms with E-state index in [9.17, 15) is 14.4 Å². The largest absolute Gasteiger partial charge is 0.445 e. The molecule has 3 atom stereocenters. The Kier molecular flexibility index (Phi) is 6.61. The van der Waals surface area contributed by atoms with Crippen LogP contribution in [0.5, 0.6) is 0 Å². The number of nitrogens with zero attached hydrogens (tertiary/aromatic N) is 4. The highest BCUT2D eigenvalue weighted by Crippen LogP contribution is 2.48. The molecule has 168 valence electrons. The molecular weight excluding hydrogens is 408 g/mol. The fourth-order valence-corrected chi connectivity index (χ4v) is 5.76. The number of amides is 1. The van der Waals surface area contributed by atoms with Gasteiger partial charge in [-0.2, -0.15) is 0 Å². The first-order valence-corrected chi connectivity index (χ1v) is 11.3. The van der Waals surface area contributed by atoms with Crippen molar-refractivity contribution in [1.29, 1.82) is 0 Å². The van der Waals surface area contributed by atoms with Crippen molar-refractivity contribution in [2.75, 3.05) is 11.5 Å². The molecule has 1 amide bonds. The van der Waals surface area contributed by atoms with E-state index in [1.165, 1.54) is 17.4 Å². The average Bonchev–Trinajstić information content (AvgIpc) is 2.81. The highest BCUT2D eigenvalue weighted by atomic mass is 16.6. The van der Waals surface area contributed by atoms with E-state index < -0.39 is 18.1 Å². The Hall–Kier alpha value is -3.12. The molecule has 0 N–H and O–H groups in total. The van der Waals surface area contributed by atoms with Gasteiger partial charge in [0.25, 0.3) is 0 Å². The predicted molar refractivity (Wildman–Crippen MR) is 119 cm³/mol. The number of carbonyl (C=O) groups excluding carboxylic acids is 3. The Bertz CT molecular complexity index is 978. The van der Waals surface area contributed by atoms with Crippen LogP contribution in [0, 0.1) is 17.8 Å². The van der Waals surface area contributed by atoms with Gasteiger partial charge in [0.05, 0.1) is 18.3 Å². The number of ketones is 2. The van der Waals surface area contributed by atoms with E-state index in [0.717, 1.165) is 25.7 Å². The van der Waals surface area contributed by atoms with Crippen LogP contribution in [0.15, 0.2) is 36.0 Å². The minimum Gasteiger partial charge on any atom is -0.445 e. The Morgan fingerprint density at radius 3 is 2.75 bits per heavy atom. The van der Waals surface area contributed by atoms with Crippen molar-refractivity contribution in [1.82, 2.24) is 0 Å². The molecule has 0 bridgehead atoms. The number of Topliss-reactive ketones (excluding diaryl/α,β-unsaturated/α-hetero) is 2. The van der Waals surface area contributed by atoms with Gasteiger partial charge in [-0.25, -0.2) is 4.79 Å². The summed E-state index contributed by atoms with van der Waals surface area (Å²) < 4.78 is 5.36. The molecule has 2 fully saturated rings. The maximum atomic E-state index is 13.8. The summed E-state index contributed by atoms with van der Waals surface area (Å²) in [6.45, 7) is 3.77. The number of fused-ring (bicyclic) bond motifs is 2. The zero-order valence-electron chi connectivity index (χ0n) is 18.1. The van der Waals surface area contributed by atoms with E-state index in [1.54, 1.807) is 18.2 Å². The number of hydrogen-bond donors (Lipinski definition) is 0. The SMILES string of the molecule is C=CCOC(=O)N1c2ccc(CN=[N+]=[N-])cc2C(=O)[C@H]2[C@@H](C3CCCCC3)CC(=O)C[C@H]21. The Balaban J connectivity index is 1.79. The maximum absolute atomic E-state index is 13.8. The van der Waals surface area contributed by atoms with Crippen molar-refractivity contribution >= 4 is 23.3 Å². The van der Waals surface area contributed by atoms with Gasteiger partial charge in [0.2, 0.25) is 0 Å². The predicted octanol–water partition coefficient (Wildman–Crippen LogP) is 5.37. The molecule has 1 heterocycles. The summed E-state index contributed by atoms with van der Waals surface area (Å²) in [5, 5.41) is 3.60. The summed E-state index contributed by atoms with van der Waals surface area (Å²) in [5.41, 5.74) is 10.2. The standard InChI is InChI=1S/C24H28N4O4/c1-2-10-32-24(31)28-20-9-8-15(14-26-27-25)11-19(20)23(30)22-18(12-17(29)13-21(22)28)16-6-4-3-5-7-16/h2,8-9,11,16,18,21-22H,1,3-7,10,12-14H2/t18-,21-,22+/m1/s1. The molecule has 1 aliphatic heterocycles. The second-order valence-electron chi connectivity index (χ2n) is 8.94. The van der Waals surface area contributed by atoms with Gasteiger partial charge in [-0.1, -0.05) is 55.9 Å². The lowest BCUT2D eigenvalue weighted by Crippen LogP contribution is -2.58. The summed E-state index contributed by atoms with van der Waals surface area (Å²) in [5.74, 6) is -0.126. The van der Waals surface area contributed by atoms with Crippen LogP contribution in [0.4, 0.5) is 10.5 Å². The van der Waals surface area contributed by atoms with Crippen molar-refractivity contribution in [2.24, 2.45) is 22.9 Å². The first-order chi connectivity index (χ1) is 15.5. The molecule has 1 aromatic carbocycles. The van der Waals surface area contributed by atoms with Crippen LogP contribution in [-0.4, -0.2) is 30.3 Å². The summed E-state index contributed by atoms with van der Waals surface area (Å²) in [6.07, 6.45) is 6.89. The Labute approximate surface area is 187 Å². The van der Waals surface area contributed by atoms with Gasteiger partial charge in [-0.05, 0) is 35.1 Å². The van der Waals surface area contributed by atoms with Gasteiger partial charge < -0.3 is 4.74 Å². The first-order valence-electron chi connectivity index (χ1n) is 11.3. The zero-order valence-corrected chi connectivity index (χ0v) is 18.1. The van der Waals surface area contributed by atoms with Crippen LogP contribution in [0.25, 0.3) is 10.4 Å². The van der Waals surface area contributed by atoms with E-state index in [1.807, 2.05) is 0 Å². The van der Waals surface area contributed by atoms with Gasteiger partial charge in [-0.3, -0.25) is 14.5 Å². The average molecular weight is 437 g/mol. The van der Waals surface area contributed by atoms with E-state index in [-0.39, 0.29) is 37.1 Å². The topological polar surface area (TPSA) is 112 Å². The van der Waals surface area contributed by atoms with Crippen molar-refractivity contribution < 1.29 is 19.1 Å². The molecule has 0 spiro atoms. The van der Waals surface area contributed by atoms with Crippen LogP contribution in [-0.2, 0) is 16.1 Å². The number of anilines is 1. The second-order valence-corrected chi connectivity index (χ2v) is 8.94. The molecule has 8 heteroatoms. The number of carbonyl (C=O) groups is 3. The number of ether oxygens (including phenoxy) is 1. The number of azide groups is 1. The number of benzene rings is 1. The van der Waals surface area contributed by atoms with Crippen molar-refractivity contribution in [3.8, 4) is 0 Å². The molecule has 3 aliphatic rings. The quantitative estimate of drug-likeness (QED) is 0.267. The molecule has 2 saturated carbocycles. The third kappa shape index (κ3) is 4.15. The van der Waals surface area contributed by atoms with Crippen LogP contribution in [0.1, 0.15) is 60.9 Å². The lowest BCUT2D eigenvalue weighted by molar-refractivity contribution is -0.123. The third-order valence-corrected chi connectivity index (χ3v) is 7.09. The number of rotatable bonds is 5. The summed E-state index contributed by atoms with van der Waals surface area (Å²) >= 11 is 0. The van der Waals surface area contributed by atoms with Gasteiger partial charge in [-0.15, -0.1) is 0 Å². The smallest absolute Gasteiger partial charge is 0.414 e. The second kappa shape index (κ2) is 9.57. The molecule has 0 saturated heterocycles. The van der Waals surface area contributed by atoms with Gasteiger partial charge in [0, 0.05) is 29.2 Å². The molecule has 1 aromatic rings. The lowest BCUT2D eigenvalue weighted by Gasteiger charge is -2.48.